The van der Waals surface area contributed by atoms with Crippen LogP contribution in [-0.2, 0) is 0 Å². The van der Waals surface area contributed by atoms with Crippen LogP contribution in [0.5, 0.6) is 5.75 Å². The van der Waals surface area contributed by atoms with Gasteiger partial charge in [0, 0.05) is 25.3 Å². The average molecular weight is 268 g/mol. The van der Waals surface area contributed by atoms with Gasteiger partial charge in [0.25, 0.3) is 0 Å². The quantitative estimate of drug-likeness (QED) is 0.826. The van der Waals surface area contributed by atoms with Crippen LogP contribution in [0.2, 0.25) is 0 Å². The van der Waals surface area contributed by atoms with Gasteiger partial charge < -0.3 is 15.4 Å². The van der Waals surface area contributed by atoms with E-state index < -0.39 is 0 Å². The topological polar surface area (TPSA) is 38.5 Å². The van der Waals surface area contributed by atoms with E-state index in [9.17, 15) is 4.39 Å². The third-order valence-corrected chi connectivity index (χ3v) is 3.14. The van der Waals surface area contributed by atoms with Crippen LogP contribution < -0.4 is 15.4 Å². The predicted octanol–water partition coefficient (Wildman–Crippen LogP) is 3.04. The fourth-order valence-electron chi connectivity index (χ4n) is 2.20. The lowest BCUT2D eigenvalue weighted by molar-refractivity contribution is 0.321. The van der Waals surface area contributed by atoms with E-state index in [4.69, 9.17) is 10.5 Å². The molecule has 0 aromatic heterocycles. The Morgan fingerprint density at radius 3 is 2.58 bits per heavy atom. The largest absolute Gasteiger partial charge is 0.491 e. The van der Waals surface area contributed by atoms with Gasteiger partial charge in [0.2, 0.25) is 0 Å². The highest BCUT2D eigenvalue weighted by Crippen LogP contribution is 2.27. The molecule has 0 radical (unpaired) electrons. The van der Waals surface area contributed by atoms with E-state index in [-0.39, 0.29) is 11.2 Å². The molecule has 0 aliphatic heterocycles. The first kappa shape index (κ1) is 15.8. The highest BCUT2D eigenvalue weighted by molar-refractivity contribution is 5.49. The van der Waals surface area contributed by atoms with Crippen LogP contribution in [0, 0.1) is 11.2 Å². The summed E-state index contributed by atoms with van der Waals surface area (Å²) in [6.07, 6.45) is 0.941. The molecular weight excluding hydrogens is 243 g/mol. The monoisotopic (exact) mass is 268 g/mol. The maximum absolute atomic E-state index is 13.8. The molecule has 0 saturated carbocycles. The molecule has 0 aliphatic rings. The molecule has 0 bridgehead atoms. The number of benzene rings is 1. The Labute approximate surface area is 115 Å². The van der Waals surface area contributed by atoms with Crippen LogP contribution in [0.15, 0.2) is 18.2 Å². The number of hydrogen-bond donors (Lipinski definition) is 1. The molecule has 19 heavy (non-hydrogen) atoms. The molecule has 0 saturated heterocycles. The van der Waals surface area contributed by atoms with E-state index >= 15 is 0 Å². The minimum absolute atomic E-state index is 0.110. The molecule has 0 fully saturated rings. The van der Waals surface area contributed by atoms with Crippen LogP contribution >= 0.6 is 0 Å². The highest BCUT2D eigenvalue weighted by atomic mass is 19.1. The summed E-state index contributed by atoms with van der Waals surface area (Å²) in [6.45, 7) is 8.14. The lowest BCUT2D eigenvalue weighted by atomic mass is 9.88. The Morgan fingerprint density at radius 2 is 2.05 bits per heavy atom. The van der Waals surface area contributed by atoms with Crippen molar-refractivity contribution in [1.82, 2.24) is 0 Å². The zero-order valence-corrected chi connectivity index (χ0v) is 12.4. The molecule has 0 amide bonds. The third-order valence-electron chi connectivity index (χ3n) is 3.14. The number of halogens is 1. The average Bonchev–Trinajstić information content (AvgIpc) is 2.31. The molecule has 0 unspecified atom stereocenters. The second kappa shape index (κ2) is 6.75. The molecule has 3 nitrogen and oxygen atoms in total. The van der Waals surface area contributed by atoms with Crippen molar-refractivity contribution in [3.63, 3.8) is 0 Å². The Hall–Kier alpha value is -1.29. The van der Waals surface area contributed by atoms with Crippen molar-refractivity contribution >= 4 is 5.69 Å². The molecule has 0 spiro atoms. The van der Waals surface area contributed by atoms with Crippen LogP contribution in [0.1, 0.15) is 27.2 Å². The molecule has 2 N–H and O–H groups in total. The van der Waals surface area contributed by atoms with E-state index in [1.165, 1.54) is 6.07 Å². The zero-order chi connectivity index (χ0) is 14.5. The lowest BCUT2D eigenvalue weighted by Crippen LogP contribution is -2.33. The van der Waals surface area contributed by atoms with Gasteiger partial charge in [-0.2, -0.15) is 0 Å². The maximum atomic E-state index is 13.8. The smallest absolute Gasteiger partial charge is 0.167 e. The van der Waals surface area contributed by atoms with Crippen molar-refractivity contribution in [2.24, 2.45) is 11.1 Å². The normalized spacial score (nSPS) is 11.5. The van der Waals surface area contributed by atoms with E-state index in [0.717, 1.165) is 18.7 Å². The maximum Gasteiger partial charge on any atom is 0.167 e. The number of ether oxygens (including phenoxy) is 1. The lowest BCUT2D eigenvalue weighted by Gasteiger charge is -2.31. The van der Waals surface area contributed by atoms with Gasteiger partial charge >= 0.3 is 0 Å². The van der Waals surface area contributed by atoms with Crippen molar-refractivity contribution in [2.75, 3.05) is 31.6 Å². The zero-order valence-electron chi connectivity index (χ0n) is 12.4. The Balaban J connectivity index is 2.77. The summed E-state index contributed by atoms with van der Waals surface area (Å²) < 4.78 is 19.0. The van der Waals surface area contributed by atoms with Crippen LogP contribution in [0.3, 0.4) is 0 Å². The Kier molecular flexibility index (Phi) is 5.60. The second-order valence-corrected chi connectivity index (χ2v) is 5.61. The number of nitrogens with zero attached hydrogens (tertiary/aromatic N) is 1. The van der Waals surface area contributed by atoms with Gasteiger partial charge in [-0.05, 0) is 37.4 Å². The first-order valence-corrected chi connectivity index (χ1v) is 6.73. The SMILES string of the molecule is CCOc1ccc(N(C)CC(C)(C)CCN)cc1F. The molecule has 0 heterocycles. The van der Waals surface area contributed by atoms with Crippen LogP contribution in [0.4, 0.5) is 10.1 Å². The van der Waals surface area contributed by atoms with Gasteiger partial charge in [-0.1, -0.05) is 13.8 Å². The summed E-state index contributed by atoms with van der Waals surface area (Å²) in [7, 11) is 1.97. The third kappa shape index (κ3) is 4.71. The minimum atomic E-state index is -0.317. The summed E-state index contributed by atoms with van der Waals surface area (Å²) in [4.78, 5) is 2.05. The number of rotatable bonds is 7. The first-order chi connectivity index (χ1) is 8.89. The molecule has 108 valence electrons. The first-order valence-electron chi connectivity index (χ1n) is 6.73. The van der Waals surface area contributed by atoms with E-state index in [1.807, 2.05) is 20.0 Å². The minimum Gasteiger partial charge on any atom is -0.491 e. The summed E-state index contributed by atoms with van der Waals surface area (Å²) in [6, 6.07) is 5.08. The van der Waals surface area contributed by atoms with Crippen LogP contribution in [-0.4, -0.2) is 26.7 Å². The van der Waals surface area contributed by atoms with E-state index in [0.29, 0.717) is 18.9 Å². The summed E-state index contributed by atoms with van der Waals surface area (Å²) in [5, 5.41) is 0. The standard InChI is InChI=1S/C15H25FN2O/c1-5-19-14-7-6-12(10-13(14)16)18(4)11-15(2,3)8-9-17/h6-7,10H,5,8-9,11,17H2,1-4H3. The summed E-state index contributed by atoms with van der Waals surface area (Å²) >= 11 is 0. The molecule has 4 heteroatoms. The van der Waals surface area contributed by atoms with Crippen LogP contribution in [0.25, 0.3) is 0 Å². The van der Waals surface area contributed by atoms with Gasteiger partial charge in [0.15, 0.2) is 11.6 Å². The number of nitrogens with two attached hydrogens (primary N) is 1. The molecule has 0 atom stereocenters. The van der Waals surface area contributed by atoms with Gasteiger partial charge in [-0.25, -0.2) is 4.39 Å². The van der Waals surface area contributed by atoms with Gasteiger partial charge in [0.1, 0.15) is 0 Å². The van der Waals surface area contributed by atoms with Gasteiger partial charge in [0.05, 0.1) is 6.61 Å². The highest BCUT2D eigenvalue weighted by Gasteiger charge is 2.20. The second-order valence-electron chi connectivity index (χ2n) is 5.61. The molecule has 0 aliphatic carbocycles. The Bertz CT molecular complexity index is 407. The van der Waals surface area contributed by atoms with Crippen molar-refractivity contribution in [2.45, 2.75) is 27.2 Å². The molecule has 1 aromatic rings. The van der Waals surface area contributed by atoms with Crippen molar-refractivity contribution in [3.05, 3.63) is 24.0 Å². The number of anilines is 1. The Morgan fingerprint density at radius 1 is 1.37 bits per heavy atom. The van der Waals surface area contributed by atoms with E-state index in [2.05, 4.69) is 18.7 Å². The van der Waals surface area contributed by atoms with Gasteiger partial charge in [-0.3, -0.25) is 0 Å². The fourth-order valence-corrected chi connectivity index (χ4v) is 2.20. The molecule has 1 rings (SSSR count). The van der Waals surface area contributed by atoms with Gasteiger partial charge in [-0.15, -0.1) is 0 Å². The van der Waals surface area contributed by atoms with Crippen molar-refractivity contribution < 1.29 is 9.13 Å². The van der Waals surface area contributed by atoms with Crippen molar-refractivity contribution in [1.29, 1.82) is 0 Å². The fraction of sp³-hybridized carbons (Fsp3) is 0.600. The summed E-state index contributed by atoms with van der Waals surface area (Å²) in [5.74, 6) is -0.0105. The van der Waals surface area contributed by atoms with E-state index in [1.54, 1.807) is 6.07 Å². The molecule has 1 aromatic carbocycles. The number of hydrogen-bond acceptors (Lipinski definition) is 3. The van der Waals surface area contributed by atoms with Crippen molar-refractivity contribution in [3.8, 4) is 5.75 Å². The molecular formula is C15H25FN2O. The predicted molar refractivity (Wildman–Crippen MR) is 78.3 cm³/mol. The summed E-state index contributed by atoms with van der Waals surface area (Å²) in [5.41, 5.74) is 6.57.